The summed E-state index contributed by atoms with van der Waals surface area (Å²) in [5.41, 5.74) is 0.814. The van der Waals surface area contributed by atoms with Gasteiger partial charge in [0.15, 0.2) is 0 Å². The fourth-order valence-electron chi connectivity index (χ4n) is 2.63. The van der Waals surface area contributed by atoms with Gasteiger partial charge in [-0.3, -0.25) is 14.8 Å². The zero-order valence-electron chi connectivity index (χ0n) is 10.6. The molecule has 0 saturated carbocycles. The molecule has 1 saturated heterocycles. The number of hydrogen-bond acceptors (Lipinski definition) is 4. The fourth-order valence-corrected chi connectivity index (χ4v) is 2.63. The van der Waals surface area contributed by atoms with E-state index >= 15 is 0 Å². The third-order valence-corrected chi connectivity index (χ3v) is 3.69. The summed E-state index contributed by atoms with van der Waals surface area (Å²) in [6, 6.07) is 0. The first-order valence-electron chi connectivity index (χ1n) is 6.33. The van der Waals surface area contributed by atoms with E-state index in [0.717, 1.165) is 31.6 Å². The molecule has 5 heteroatoms. The van der Waals surface area contributed by atoms with Crippen LogP contribution in [0, 0.1) is 5.92 Å². The van der Waals surface area contributed by atoms with Gasteiger partial charge in [0.1, 0.15) is 0 Å². The van der Waals surface area contributed by atoms with E-state index < -0.39 is 5.97 Å². The Bertz CT molecular complexity index is 388. The van der Waals surface area contributed by atoms with Gasteiger partial charge in [-0.15, -0.1) is 0 Å². The number of rotatable bonds is 4. The highest BCUT2D eigenvalue weighted by atomic mass is 16.4. The molecule has 0 radical (unpaired) electrons. The molecule has 18 heavy (non-hydrogen) atoms. The van der Waals surface area contributed by atoms with Gasteiger partial charge in [0.05, 0.1) is 12.1 Å². The monoisotopic (exact) mass is 249 g/mol. The predicted molar refractivity (Wildman–Crippen MR) is 67.2 cm³/mol. The second-order valence-electron chi connectivity index (χ2n) is 4.98. The van der Waals surface area contributed by atoms with Crippen molar-refractivity contribution in [2.24, 2.45) is 5.92 Å². The van der Waals surface area contributed by atoms with E-state index in [0.29, 0.717) is 5.92 Å². The molecule has 98 valence electrons. The van der Waals surface area contributed by atoms with Crippen LogP contribution in [0.2, 0.25) is 0 Å². The number of aliphatic carboxylic acids is 1. The second kappa shape index (κ2) is 5.91. The molecule has 1 unspecified atom stereocenters. The number of hydrogen-bond donors (Lipinski definition) is 1. The van der Waals surface area contributed by atoms with Gasteiger partial charge < -0.3 is 10.0 Å². The van der Waals surface area contributed by atoms with Gasteiger partial charge in [-0.2, -0.15) is 0 Å². The van der Waals surface area contributed by atoms with Crippen molar-refractivity contribution in [2.75, 3.05) is 20.1 Å². The molecule has 1 aromatic rings. The third-order valence-electron chi connectivity index (χ3n) is 3.69. The minimum atomic E-state index is -0.760. The molecule has 2 rings (SSSR count). The van der Waals surface area contributed by atoms with Crippen molar-refractivity contribution < 1.29 is 9.90 Å². The minimum Gasteiger partial charge on any atom is -0.481 e. The van der Waals surface area contributed by atoms with Crippen molar-refractivity contribution in [3.05, 3.63) is 24.3 Å². The molecule has 1 aromatic heterocycles. The minimum absolute atomic E-state index is 0.00935. The van der Waals surface area contributed by atoms with Gasteiger partial charge in [0.2, 0.25) is 0 Å². The summed E-state index contributed by atoms with van der Waals surface area (Å²) in [6.07, 6.45) is 7.17. The van der Waals surface area contributed by atoms with Crippen LogP contribution in [0.3, 0.4) is 0 Å². The van der Waals surface area contributed by atoms with Crippen molar-refractivity contribution in [2.45, 2.75) is 25.2 Å². The Kier molecular flexibility index (Phi) is 4.25. The molecule has 0 spiro atoms. The SMILES string of the molecule is CN1CCC(C(CC(=O)O)c2cnccn2)CC1. The van der Waals surface area contributed by atoms with E-state index in [2.05, 4.69) is 21.9 Å². The zero-order chi connectivity index (χ0) is 13.0. The molecule has 1 N–H and O–H groups in total. The lowest BCUT2D eigenvalue weighted by Crippen LogP contribution is -2.33. The highest BCUT2D eigenvalue weighted by Gasteiger charge is 2.29. The maximum absolute atomic E-state index is 11.0. The van der Waals surface area contributed by atoms with Gasteiger partial charge in [0.25, 0.3) is 0 Å². The summed E-state index contributed by atoms with van der Waals surface area (Å²) >= 11 is 0. The van der Waals surface area contributed by atoms with Crippen LogP contribution in [-0.4, -0.2) is 46.1 Å². The van der Waals surface area contributed by atoms with Crippen molar-refractivity contribution in [3.63, 3.8) is 0 Å². The summed E-state index contributed by atoms with van der Waals surface area (Å²) in [5, 5.41) is 9.07. The molecule has 0 aromatic carbocycles. The Morgan fingerprint density at radius 3 is 2.78 bits per heavy atom. The Labute approximate surface area is 107 Å². The van der Waals surface area contributed by atoms with Gasteiger partial charge in [-0.25, -0.2) is 0 Å². The summed E-state index contributed by atoms with van der Waals surface area (Å²) in [4.78, 5) is 21.7. The van der Waals surface area contributed by atoms with Crippen LogP contribution in [0.1, 0.15) is 30.9 Å². The lowest BCUT2D eigenvalue weighted by atomic mass is 9.80. The maximum Gasteiger partial charge on any atom is 0.304 e. The van der Waals surface area contributed by atoms with E-state index in [1.807, 2.05) is 0 Å². The average molecular weight is 249 g/mol. The molecule has 0 aliphatic carbocycles. The smallest absolute Gasteiger partial charge is 0.304 e. The molecule has 1 aliphatic rings. The summed E-state index contributed by atoms with van der Waals surface area (Å²) in [7, 11) is 2.10. The molecule has 2 heterocycles. The van der Waals surface area contributed by atoms with Crippen molar-refractivity contribution in [3.8, 4) is 0 Å². The number of aromatic nitrogens is 2. The quantitative estimate of drug-likeness (QED) is 0.873. The summed E-state index contributed by atoms with van der Waals surface area (Å²) in [6.45, 7) is 2.06. The lowest BCUT2D eigenvalue weighted by Gasteiger charge is -2.33. The van der Waals surface area contributed by atoms with Crippen LogP contribution < -0.4 is 0 Å². The Balaban J connectivity index is 2.12. The van der Waals surface area contributed by atoms with Crippen LogP contribution in [0.25, 0.3) is 0 Å². The van der Waals surface area contributed by atoms with Crippen molar-refractivity contribution in [1.82, 2.24) is 14.9 Å². The molecular weight excluding hydrogens is 230 g/mol. The molecular formula is C13H19N3O2. The average Bonchev–Trinajstić information content (AvgIpc) is 2.38. The maximum atomic E-state index is 11.0. The van der Waals surface area contributed by atoms with E-state index in [-0.39, 0.29) is 12.3 Å². The van der Waals surface area contributed by atoms with E-state index in [1.165, 1.54) is 0 Å². The van der Waals surface area contributed by atoms with Gasteiger partial charge in [-0.1, -0.05) is 0 Å². The number of carboxylic acids is 1. The third kappa shape index (κ3) is 3.26. The molecule has 1 fully saturated rings. The Morgan fingerprint density at radius 2 is 2.22 bits per heavy atom. The second-order valence-corrected chi connectivity index (χ2v) is 4.98. The topological polar surface area (TPSA) is 66.3 Å². The van der Waals surface area contributed by atoms with E-state index in [4.69, 9.17) is 5.11 Å². The highest BCUT2D eigenvalue weighted by molar-refractivity contribution is 5.67. The molecule has 1 aliphatic heterocycles. The largest absolute Gasteiger partial charge is 0.481 e. The summed E-state index contributed by atoms with van der Waals surface area (Å²) < 4.78 is 0. The number of piperidine rings is 1. The standard InChI is InChI=1S/C13H19N3O2/c1-16-6-2-10(3-7-16)11(8-13(17)18)12-9-14-4-5-15-12/h4-5,9-11H,2-3,6-8H2,1H3,(H,17,18). The number of carboxylic acid groups (broad SMARTS) is 1. The first-order valence-corrected chi connectivity index (χ1v) is 6.33. The van der Waals surface area contributed by atoms with Crippen LogP contribution in [0.15, 0.2) is 18.6 Å². The van der Waals surface area contributed by atoms with Crippen LogP contribution >= 0.6 is 0 Å². The molecule has 5 nitrogen and oxygen atoms in total. The van der Waals surface area contributed by atoms with Crippen LogP contribution in [0.5, 0.6) is 0 Å². The van der Waals surface area contributed by atoms with Crippen LogP contribution in [0.4, 0.5) is 0 Å². The first kappa shape index (κ1) is 13.0. The van der Waals surface area contributed by atoms with E-state index in [1.54, 1.807) is 18.6 Å². The Morgan fingerprint density at radius 1 is 1.50 bits per heavy atom. The highest BCUT2D eigenvalue weighted by Crippen LogP contribution is 2.33. The lowest BCUT2D eigenvalue weighted by molar-refractivity contribution is -0.137. The number of carbonyl (C=O) groups is 1. The normalized spacial score (nSPS) is 19.6. The molecule has 0 amide bonds. The van der Waals surface area contributed by atoms with E-state index in [9.17, 15) is 4.79 Å². The van der Waals surface area contributed by atoms with Crippen LogP contribution in [-0.2, 0) is 4.79 Å². The number of likely N-dealkylation sites (tertiary alicyclic amines) is 1. The Hall–Kier alpha value is -1.49. The van der Waals surface area contributed by atoms with Gasteiger partial charge in [0, 0.05) is 24.5 Å². The van der Waals surface area contributed by atoms with Gasteiger partial charge >= 0.3 is 5.97 Å². The first-order chi connectivity index (χ1) is 8.66. The molecule has 0 bridgehead atoms. The van der Waals surface area contributed by atoms with Crippen molar-refractivity contribution >= 4 is 5.97 Å². The summed E-state index contributed by atoms with van der Waals surface area (Å²) in [5.74, 6) is -0.372. The van der Waals surface area contributed by atoms with Gasteiger partial charge in [-0.05, 0) is 38.9 Å². The van der Waals surface area contributed by atoms with Crippen molar-refractivity contribution in [1.29, 1.82) is 0 Å². The predicted octanol–water partition coefficient (Wildman–Crippen LogP) is 1.38. The zero-order valence-corrected chi connectivity index (χ0v) is 10.6. The number of nitrogens with zero attached hydrogens (tertiary/aromatic N) is 3. The fraction of sp³-hybridized carbons (Fsp3) is 0.615. The molecule has 1 atom stereocenters.